The normalized spacial score (nSPS) is 26.3. The zero-order chi connectivity index (χ0) is 13.4. The van der Waals surface area contributed by atoms with Crippen molar-refractivity contribution in [1.82, 2.24) is 10.2 Å². The van der Waals surface area contributed by atoms with Gasteiger partial charge in [-0.1, -0.05) is 29.3 Å². The van der Waals surface area contributed by atoms with Crippen LogP contribution in [0.4, 0.5) is 0 Å². The van der Waals surface area contributed by atoms with Crippen LogP contribution in [0, 0.1) is 0 Å². The van der Waals surface area contributed by atoms with Gasteiger partial charge in [0.05, 0.1) is 15.6 Å². The Morgan fingerprint density at radius 3 is 2.84 bits per heavy atom. The molecule has 2 saturated heterocycles. The van der Waals surface area contributed by atoms with Crippen molar-refractivity contribution in [3.05, 3.63) is 33.8 Å². The number of amides is 1. The van der Waals surface area contributed by atoms with E-state index in [0.717, 1.165) is 32.4 Å². The summed E-state index contributed by atoms with van der Waals surface area (Å²) >= 11 is 12.2. The maximum Gasteiger partial charge on any atom is 0.255 e. The summed E-state index contributed by atoms with van der Waals surface area (Å²) in [6.45, 7) is 1.86. The van der Waals surface area contributed by atoms with Gasteiger partial charge in [-0.25, -0.2) is 0 Å². The summed E-state index contributed by atoms with van der Waals surface area (Å²) in [7, 11) is 0. The second-order valence-electron chi connectivity index (χ2n) is 5.19. The molecular weight excluding hydrogens is 283 g/mol. The van der Waals surface area contributed by atoms with Gasteiger partial charge in [0.1, 0.15) is 0 Å². The second-order valence-corrected chi connectivity index (χ2v) is 5.98. The van der Waals surface area contributed by atoms with Crippen molar-refractivity contribution in [3.8, 4) is 0 Å². The Morgan fingerprint density at radius 2 is 2.00 bits per heavy atom. The Labute approximate surface area is 122 Å². The fourth-order valence-corrected chi connectivity index (χ4v) is 3.50. The van der Waals surface area contributed by atoms with Gasteiger partial charge in [0.2, 0.25) is 0 Å². The van der Waals surface area contributed by atoms with Crippen LogP contribution >= 0.6 is 23.2 Å². The topological polar surface area (TPSA) is 32.3 Å². The van der Waals surface area contributed by atoms with Crippen molar-refractivity contribution in [1.29, 1.82) is 0 Å². The fraction of sp³-hybridized carbons (Fsp3) is 0.500. The van der Waals surface area contributed by atoms with E-state index in [-0.39, 0.29) is 11.9 Å². The molecule has 1 amide bonds. The van der Waals surface area contributed by atoms with Crippen molar-refractivity contribution < 1.29 is 4.79 Å². The number of rotatable bonds is 1. The van der Waals surface area contributed by atoms with Gasteiger partial charge in [-0.2, -0.15) is 0 Å². The van der Waals surface area contributed by atoms with E-state index >= 15 is 0 Å². The molecule has 1 aromatic carbocycles. The minimum absolute atomic E-state index is 0.0173. The standard InChI is InChI=1S/C14H16Cl2N2O/c15-12-3-1-2-11(13(12)16)14(19)18-9-4-5-10(18)8-17-7-6-9/h1-3,9-10,17H,4-8H2. The van der Waals surface area contributed by atoms with Gasteiger partial charge >= 0.3 is 0 Å². The molecule has 2 heterocycles. The van der Waals surface area contributed by atoms with Crippen molar-refractivity contribution in [2.45, 2.75) is 31.3 Å². The summed E-state index contributed by atoms with van der Waals surface area (Å²) < 4.78 is 0. The molecule has 0 aliphatic carbocycles. The molecule has 0 saturated carbocycles. The maximum atomic E-state index is 12.7. The molecule has 0 radical (unpaired) electrons. The first-order valence-electron chi connectivity index (χ1n) is 6.66. The number of carbonyl (C=O) groups is 1. The Balaban J connectivity index is 1.93. The SMILES string of the molecule is O=C(c1cccc(Cl)c1Cl)N1C2CCNCC1CC2. The predicted molar refractivity (Wildman–Crippen MR) is 76.9 cm³/mol. The van der Waals surface area contributed by atoms with E-state index in [1.807, 2.05) is 4.90 Å². The lowest BCUT2D eigenvalue weighted by Crippen LogP contribution is -2.42. The smallest absolute Gasteiger partial charge is 0.255 e. The first-order valence-corrected chi connectivity index (χ1v) is 7.41. The van der Waals surface area contributed by atoms with Crippen LogP contribution in [0.2, 0.25) is 10.0 Å². The van der Waals surface area contributed by atoms with Gasteiger partial charge in [-0.15, -0.1) is 0 Å². The second kappa shape index (κ2) is 5.31. The molecule has 102 valence electrons. The van der Waals surface area contributed by atoms with E-state index in [9.17, 15) is 4.79 Å². The molecule has 2 aliphatic rings. The maximum absolute atomic E-state index is 12.7. The van der Waals surface area contributed by atoms with E-state index in [1.165, 1.54) is 0 Å². The van der Waals surface area contributed by atoms with E-state index in [2.05, 4.69) is 5.32 Å². The molecule has 2 unspecified atom stereocenters. The van der Waals surface area contributed by atoms with Gasteiger partial charge in [0.15, 0.2) is 0 Å². The minimum Gasteiger partial charge on any atom is -0.331 e. The third-order valence-electron chi connectivity index (χ3n) is 4.07. The minimum atomic E-state index is 0.0173. The number of benzene rings is 1. The predicted octanol–water partition coefficient (Wildman–Crippen LogP) is 2.96. The number of carbonyl (C=O) groups excluding carboxylic acids is 1. The lowest BCUT2D eigenvalue weighted by Gasteiger charge is -2.28. The molecule has 1 N–H and O–H groups in total. The molecule has 2 atom stereocenters. The summed E-state index contributed by atoms with van der Waals surface area (Å²) in [5, 5.41) is 4.19. The van der Waals surface area contributed by atoms with Gasteiger partial charge in [-0.3, -0.25) is 4.79 Å². The molecule has 2 aliphatic heterocycles. The highest BCUT2D eigenvalue weighted by atomic mass is 35.5. The van der Waals surface area contributed by atoms with Crippen LogP contribution < -0.4 is 5.32 Å². The number of nitrogens with zero attached hydrogens (tertiary/aromatic N) is 1. The zero-order valence-electron chi connectivity index (χ0n) is 10.5. The van der Waals surface area contributed by atoms with E-state index < -0.39 is 0 Å². The van der Waals surface area contributed by atoms with E-state index in [4.69, 9.17) is 23.2 Å². The molecule has 3 rings (SSSR count). The Bertz CT molecular complexity index is 492. The van der Waals surface area contributed by atoms with Crippen LogP contribution in [0.1, 0.15) is 29.6 Å². The van der Waals surface area contributed by atoms with Crippen LogP contribution in [0.25, 0.3) is 0 Å². The van der Waals surface area contributed by atoms with E-state index in [1.54, 1.807) is 18.2 Å². The summed E-state index contributed by atoms with van der Waals surface area (Å²) in [5.74, 6) is 0.0173. The van der Waals surface area contributed by atoms with Crippen molar-refractivity contribution in [2.75, 3.05) is 13.1 Å². The van der Waals surface area contributed by atoms with Crippen molar-refractivity contribution in [3.63, 3.8) is 0 Å². The van der Waals surface area contributed by atoms with Gasteiger partial charge in [0, 0.05) is 18.6 Å². The summed E-state index contributed by atoms with van der Waals surface area (Å²) in [4.78, 5) is 14.8. The van der Waals surface area contributed by atoms with Crippen LogP contribution in [-0.2, 0) is 0 Å². The highest BCUT2D eigenvalue weighted by Gasteiger charge is 2.38. The molecular formula is C14H16Cl2N2O. The molecule has 2 fully saturated rings. The molecule has 3 nitrogen and oxygen atoms in total. The molecule has 0 spiro atoms. The zero-order valence-corrected chi connectivity index (χ0v) is 12.0. The number of nitrogens with one attached hydrogen (secondary N) is 1. The monoisotopic (exact) mass is 298 g/mol. The first-order chi connectivity index (χ1) is 9.18. The van der Waals surface area contributed by atoms with Crippen LogP contribution in [0.5, 0.6) is 0 Å². The highest BCUT2D eigenvalue weighted by Crippen LogP contribution is 2.33. The molecule has 19 heavy (non-hydrogen) atoms. The quantitative estimate of drug-likeness (QED) is 0.864. The lowest BCUT2D eigenvalue weighted by molar-refractivity contribution is 0.0680. The van der Waals surface area contributed by atoms with Gasteiger partial charge < -0.3 is 10.2 Å². The third-order valence-corrected chi connectivity index (χ3v) is 4.89. The summed E-state index contributed by atoms with van der Waals surface area (Å²) in [5.41, 5.74) is 0.521. The van der Waals surface area contributed by atoms with E-state index in [0.29, 0.717) is 21.7 Å². The van der Waals surface area contributed by atoms with Crippen molar-refractivity contribution >= 4 is 29.1 Å². The molecule has 2 bridgehead atoms. The first kappa shape index (κ1) is 13.2. The number of halogens is 2. The molecule has 1 aromatic rings. The van der Waals surface area contributed by atoms with Crippen LogP contribution in [0.15, 0.2) is 18.2 Å². The molecule has 0 aromatic heterocycles. The summed E-state index contributed by atoms with van der Waals surface area (Å²) in [6.07, 6.45) is 3.18. The Morgan fingerprint density at radius 1 is 1.21 bits per heavy atom. The number of fused-ring (bicyclic) bond motifs is 2. The average Bonchev–Trinajstić information content (AvgIpc) is 2.65. The Hall–Kier alpha value is -0.770. The van der Waals surface area contributed by atoms with Crippen LogP contribution in [-0.4, -0.2) is 36.0 Å². The highest BCUT2D eigenvalue weighted by molar-refractivity contribution is 6.43. The third kappa shape index (κ3) is 2.35. The Kier molecular flexibility index (Phi) is 3.70. The van der Waals surface area contributed by atoms with Gasteiger partial charge in [0.25, 0.3) is 5.91 Å². The number of hydrogen-bond acceptors (Lipinski definition) is 2. The van der Waals surface area contributed by atoms with Crippen molar-refractivity contribution in [2.24, 2.45) is 0 Å². The van der Waals surface area contributed by atoms with Crippen LogP contribution in [0.3, 0.4) is 0 Å². The summed E-state index contributed by atoms with van der Waals surface area (Å²) in [6, 6.07) is 5.87. The van der Waals surface area contributed by atoms with Gasteiger partial charge in [-0.05, 0) is 37.9 Å². The largest absolute Gasteiger partial charge is 0.331 e. The fourth-order valence-electron chi connectivity index (χ4n) is 3.12. The molecule has 5 heteroatoms. The lowest BCUT2D eigenvalue weighted by atomic mass is 10.1. The average molecular weight is 299 g/mol. The number of hydrogen-bond donors (Lipinski definition) is 1.